The molecule has 0 aliphatic heterocycles. The van der Waals surface area contributed by atoms with Gasteiger partial charge in [-0.15, -0.1) is 0 Å². The van der Waals surface area contributed by atoms with Crippen LogP contribution in [0.1, 0.15) is 15.9 Å². The minimum atomic E-state index is -0.363. The molecule has 160 valence electrons. The molecule has 0 fully saturated rings. The third kappa shape index (κ3) is 3.75. The van der Waals surface area contributed by atoms with Crippen LogP contribution in [-0.2, 0) is 7.05 Å². The average molecular weight is 451 g/mol. The van der Waals surface area contributed by atoms with Crippen LogP contribution in [0, 0.1) is 0 Å². The first-order valence-electron chi connectivity index (χ1n) is 10.5. The molecule has 0 aliphatic rings. The summed E-state index contributed by atoms with van der Waals surface area (Å²) in [5, 5.41) is 2.26. The van der Waals surface area contributed by atoms with Gasteiger partial charge in [0.05, 0.1) is 16.6 Å². The van der Waals surface area contributed by atoms with Gasteiger partial charge in [0.2, 0.25) is 0 Å². The molecular weight excluding hydrogens is 432 g/mol. The number of rotatable bonds is 4. The molecule has 33 heavy (non-hydrogen) atoms. The molecule has 0 atom stereocenters. The van der Waals surface area contributed by atoms with E-state index in [9.17, 15) is 9.59 Å². The van der Waals surface area contributed by atoms with Crippen LogP contribution in [0.5, 0.6) is 0 Å². The van der Waals surface area contributed by atoms with Crippen LogP contribution in [0.4, 0.5) is 0 Å². The lowest BCUT2D eigenvalue weighted by Crippen LogP contribution is -2.25. The summed E-state index contributed by atoms with van der Waals surface area (Å²) in [7, 11) is 1.66. The van der Waals surface area contributed by atoms with Crippen molar-refractivity contribution in [3.63, 3.8) is 0 Å². The highest BCUT2D eigenvalue weighted by molar-refractivity contribution is 6.31. The van der Waals surface area contributed by atoms with E-state index in [0.717, 1.165) is 27.4 Å². The smallest absolute Gasteiger partial charge is 0.262 e. The lowest BCUT2D eigenvalue weighted by Gasteiger charge is -2.15. The van der Waals surface area contributed by atoms with E-state index in [4.69, 9.17) is 11.6 Å². The molecule has 0 unspecified atom stereocenters. The second kappa shape index (κ2) is 8.49. The molecule has 5 heteroatoms. The molecular formula is C28H19ClN2O2. The predicted octanol–water partition coefficient (Wildman–Crippen LogP) is 6.30. The summed E-state index contributed by atoms with van der Waals surface area (Å²) >= 11 is 6.21. The minimum absolute atomic E-state index is 0.133. The van der Waals surface area contributed by atoms with Crippen molar-refractivity contribution < 1.29 is 4.79 Å². The molecule has 0 saturated heterocycles. The molecule has 4 nitrogen and oxygen atoms in total. The number of ketones is 1. The second-order valence-electron chi connectivity index (χ2n) is 7.76. The van der Waals surface area contributed by atoms with Crippen molar-refractivity contribution in [3.8, 4) is 11.1 Å². The van der Waals surface area contributed by atoms with Crippen molar-refractivity contribution >= 4 is 45.3 Å². The Bertz CT molecular complexity index is 1610. The molecule has 3 aromatic carbocycles. The van der Waals surface area contributed by atoms with Gasteiger partial charge in [0.1, 0.15) is 0 Å². The molecule has 2 aromatic heterocycles. The number of carbonyl (C=O) groups is 1. The van der Waals surface area contributed by atoms with Gasteiger partial charge in [0, 0.05) is 34.6 Å². The van der Waals surface area contributed by atoms with Gasteiger partial charge in [0.25, 0.3) is 5.56 Å². The topological polar surface area (TPSA) is 52.0 Å². The summed E-state index contributed by atoms with van der Waals surface area (Å²) in [5.74, 6) is -0.354. The number of benzene rings is 3. The van der Waals surface area contributed by atoms with E-state index >= 15 is 0 Å². The van der Waals surface area contributed by atoms with Crippen LogP contribution in [0.2, 0.25) is 5.02 Å². The van der Waals surface area contributed by atoms with Crippen molar-refractivity contribution in [3.05, 3.63) is 118 Å². The number of allylic oxidation sites excluding steroid dienone is 1. The fourth-order valence-corrected chi connectivity index (χ4v) is 4.33. The quantitative estimate of drug-likeness (QED) is 0.238. The van der Waals surface area contributed by atoms with Crippen molar-refractivity contribution in [2.45, 2.75) is 0 Å². The van der Waals surface area contributed by atoms with Gasteiger partial charge in [-0.05, 0) is 41.5 Å². The van der Waals surface area contributed by atoms with E-state index in [1.807, 2.05) is 66.7 Å². The van der Waals surface area contributed by atoms with E-state index in [-0.39, 0.29) is 16.9 Å². The van der Waals surface area contributed by atoms with Gasteiger partial charge in [-0.25, -0.2) is 0 Å². The molecule has 0 radical (unpaired) electrons. The largest absolute Gasteiger partial charge is 0.311 e. The number of halogens is 1. The second-order valence-corrected chi connectivity index (χ2v) is 8.19. The highest BCUT2D eigenvalue weighted by Crippen LogP contribution is 2.32. The van der Waals surface area contributed by atoms with E-state index in [2.05, 4.69) is 4.98 Å². The highest BCUT2D eigenvalue weighted by Gasteiger charge is 2.21. The van der Waals surface area contributed by atoms with Crippen LogP contribution in [0.25, 0.3) is 39.0 Å². The van der Waals surface area contributed by atoms with Crippen molar-refractivity contribution in [2.24, 2.45) is 7.05 Å². The Balaban J connectivity index is 1.73. The molecule has 5 rings (SSSR count). The number of fused-ring (bicyclic) bond motifs is 2. The zero-order chi connectivity index (χ0) is 22.9. The van der Waals surface area contributed by atoms with Gasteiger partial charge in [-0.3, -0.25) is 14.6 Å². The van der Waals surface area contributed by atoms with Crippen molar-refractivity contribution in [1.29, 1.82) is 0 Å². The van der Waals surface area contributed by atoms with Crippen LogP contribution in [0.15, 0.2) is 95.9 Å². The summed E-state index contributed by atoms with van der Waals surface area (Å²) < 4.78 is 1.48. The van der Waals surface area contributed by atoms with Gasteiger partial charge >= 0.3 is 0 Å². The van der Waals surface area contributed by atoms with Crippen LogP contribution < -0.4 is 5.56 Å². The van der Waals surface area contributed by atoms with Crippen molar-refractivity contribution in [1.82, 2.24) is 9.55 Å². The summed E-state index contributed by atoms with van der Waals surface area (Å²) in [6.07, 6.45) is 4.94. The molecule has 2 heterocycles. The zero-order valence-electron chi connectivity index (χ0n) is 17.8. The maximum absolute atomic E-state index is 13.5. The van der Waals surface area contributed by atoms with Crippen LogP contribution in [-0.4, -0.2) is 15.3 Å². The summed E-state index contributed by atoms with van der Waals surface area (Å²) in [6.45, 7) is 0. The lowest BCUT2D eigenvalue weighted by molar-refractivity contribution is 0.104. The first-order chi connectivity index (χ1) is 16.0. The summed E-state index contributed by atoms with van der Waals surface area (Å²) in [6, 6.07) is 24.4. The van der Waals surface area contributed by atoms with E-state index in [0.29, 0.717) is 16.1 Å². The number of nitrogens with zero attached hydrogens (tertiary/aromatic N) is 2. The molecule has 0 aliphatic carbocycles. The molecule has 0 amide bonds. The Morgan fingerprint density at radius 3 is 2.58 bits per heavy atom. The van der Waals surface area contributed by atoms with E-state index in [1.165, 1.54) is 10.6 Å². The predicted molar refractivity (Wildman–Crippen MR) is 135 cm³/mol. The Morgan fingerprint density at radius 2 is 1.76 bits per heavy atom. The molecule has 0 N–H and O–H groups in total. The highest BCUT2D eigenvalue weighted by atomic mass is 35.5. The standard InChI is InChI=1S/C28H19ClN2O2/c1-31-24-17-20(29)13-14-22(24)26(19-7-3-2-4-8-19)27(28(31)33)25(32)15-12-18-9-5-11-23-21(18)10-6-16-30-23/h2-17H,1H3/b15-12+. The van der Waals surface area contributed by atoms with E-state index < -0.39 is 0 Å². The molecule has 0 saturated carbocycles. The number of pyridine rings is 2. The third-order valence-electron chi connectivity index (χ3n) is 5.76. The fourth-order valence-electron chi connectivity index (χ4n) is 4.17. The summed E-state index contributed by atoms with van der Waals surface area (Å²) in [4.78, 5) is 31.3. The van der Waals surface area contributed by atoms with Crippen LogP contribution in [0.3, 0.4) is 0 Å². The number of aryl methyl sites for hydroxylation is 1. The van der Waals surface area contributed by atoms with Gasteiger partial charge in [-0.1, -0.05) is 72.3 Å². The SMILES string of the molecule is Cn1c(=O)c(C(=O)/C=C/c2cccc3ncccc23)c(-c2ccccc2)c2ccc(Cl)cc21. The molecule has 0 bridgehead atoms. The van der Waals surface area contributed by atoms with Crippen molar-refractivity contribution in [2.75, 3.05) is 0 Å². The Hall–Kier alpha value is -4.02. The molecule has 0 spiro atoms. The molecule has 5 aromatic rings. The lowest BCUT2D eigenvalue weighted by atomic mass is 9.93. The monoisotopic (exact) mass is 450 g/mol. The fraction of sp³-hybridized carbons (Fsp3) is 0.0357. The maximum Gasteiger partial charge on any atom is 0.262 e. The first kappa shape index (κ1) is 20.9. The number of hydrogen-bond donors (Lipinski definition) is 0. The Labute approximate surface area is 195 Å². The Morgan fingerprint density at radius 1 is 0.939 bits per heavy atom. The van der Waals surface area contributed by atoms with Crippen LogP contribution >= 0.6 is 11.6 Å². The maximum atomic E-state index is 13.5. The number of carbonyl (C=O) groups excluding carboxylic acids is 1. The first-order valence-corrected chi connectivity index (χ1v) is 10.9. The number of aromatic nitrogens is 2. The van der Waals surface area contributed by atoms with E-state index in [1.54, 1.807) is 31.5 Å². The minimum Gasteiger partial charge on any atom is -0.311 e. The van der Waals surface area contributed by atoms with Gasteiger partial charge in [0.15, 0.2) is 5.78 Å². The van der Waals surface area contributed by atoms with Gasteiger partial charge < -0.3 is 4.57 Å². The number of hydrogen-bond acceptors (Lipinski definition) is 3. The van der Waals surface area contributed by atoms with Gasteiger partial charge in [-0.2, -0.15) is 0 Å². The third-order valence-corrected chi connectivity index (χ3v) is 6.00. The zero-order valence-corrected chi connectivity index (χ0v) is 18.6. The average Bonchev–Trinajstić information content (AvgIpc) is 2.85. The normalized spacial score (nSPS) is 11.5. The Kier molecular flexibility index (Phi) is 5.37. The summed E-state index contributed by atoms with van der Waals surface area (Å²) in [5.41, 5.74) is 3.56.